The first-order chi connectivity index (χ1) is 14.1. The van der Waals surface area contributed by atoms with Crippen LogP contribution in [0.15, 0.2) is 59.6 Å². The summed E-state index contributed by atoms with van der Waals surface area (Å²) in [5.74, 6) is -0.300. The summed E-state index contributed by atoms with van der Waals surface area (Å²) in [6.07, 6.45) is 1.59. The lowest BCUT2D eigenvalue weighted by Crippen LogP contribution is -2.43. The third-order valence-electron chi connectivity index (χ3n) is 5.02. The van der Waals surface area contributed by atoms with E-state index in [1.165, 1.54) is 11.8 Å². The number of nitrogens with zero attached hydrogens (tertiary/aromatic N) is 1. The Kier molecular flexibility index (Phi) is 5.94. The van der Waals surface area contributed by atoms with Crippen molar-refractivity contribution in [2.24, 2.45) is 0 Å². The highest BCUT2D eigenvalue weighted by Gasteiger charge is 2.23. The van der Waals surface area contributed by atoms with Gasteiger partial charge in [0.1, 0.15) is 7.11 Å². The van der Waals surface area contributed by atoms with Gasteiger partial charge >= 0.3 is 0 Å². The number of pyridine rings is 1. The second-order valence-corrected chi connectivity index (χ2v) is 8.98. The quantitative estimate of drug-likeness (QED) is 0.486. The molecule has 0 bridgehead atoms. The summed E-state index contributed by atoms with van der Waals surface area (Å²) in [5.41, 5.74) is 4.47. The maximum atomic E-state index is 13.3. The Balaban J connectivity index is 2.07. The Hall–Kier alpha value is -3.19. The van der Waals surface area contributed by atoms with E-state index in [9.17, 15) is 13.2 Å². The summed E-state index contributed by atoms with van der Waals surface area (Å²) >= 11 is 0. The van der Waals surface area contributed by atoms with Gasteiger partial charge in [0.05, 0.1) is 16.1 Å². The van der Waals surface area contributed by atoms with E-state index in [0.717, 1.165) is 22.4 Å². The molecule has 0 radical (unpaired) electrons. The van der Waals surface area contributed by atoms with E-state index >= 15 is 0 Å². The molecular weight excluding hydrogens is 400 g/mol. The lowest BCUT2D eigenvalue weighted by molar-refractivity contribution is -0.889. The SMILES string of the molecule is CO[n+]1cc(C(=O)c2cc(C)c(C)cc2NS(=O)(=O)c2ccc(C)cc2)ccc1C. The number of anilines is 1. The fraction of sp³-hybridized carbons (Fsp3) is 0.217. The first-order valence-corrected chi connectivity index (χ1v) is 10.9. The highest BCUT2D eigenvalue weighted by atomic mass is 32.2. The number of carbonyl (C=O) groups is 1. The molecular formula is C23H25N2O4S+. The Morgan fingerprint density at radius 1 is 0.933 bits per heavy atom. The van der Waals surface area contributed by atoms with E-state index in [1.807, 2.05) is 27.7 Å². The average molecular weight is 426 g/mol. The van der Waals surface area contributed by atoms with Crippen LogP contribution in [-0.2, 0) is 10.0 Å². The summed E-state index contributed by atoms with van der Waals surface area (Å²) in [6, 6.07) is 13.4. The zero-order valence-electron chi connectivity index (χ0n) is 17.7. The van der Waals surface area contributed by atoms with Crippen LogP contribution >= 0.6 is 0 Å². The minimum absolute atomic E-state index is 0.136. The molecule has 0 aliphatic rings. The molecule has 6 nitrogen and oxygen atoms in total. The predicted molar refractivity (Wildman–Crippen MR) is 115 cm³/mol. The summed E-state index contributed by atoms with van der Waals surface area (Å²) in [6.45, 7) is 7.50. The van der Waals surface area contributed by atoms with Crippen LogP contribution in [0.2, 0.25) is 0 Å². The van der Waals surface area contributed by atoms with Crippen molar-refractivity contribution in [2.45, 2.75) is 32.6 Å². The highest BCUT2D eigenvalue weighted by Crippen LogP contribution is 2.26. The Bertz CT molecular complexity index is 1220. The van der Waals surface area contributed by atoms with Crippen molar-refractivity contribution in [3.63, 3.8) is 0 Å². The van der Waals surface area contributed by atoms with Gasteiger partial charge in [0.25, 0.3) is 10.0 Å². The first kappa shape index (κ1) is 21.5. The average Bonchev–Trinajstić information content (AvgIpc) is 2.70. The van der Waals surface area contributed by atoms with Crippen molar-refractivity contribution in [3.8, 4) is 0 Å². The standard InChI is InChI=1S/C23H24N2O4S/c1-15-6-10-20(11-7-15)30(27,28)24-22-13-17(3)16(2)12-21(22)23(26)19-9-8-18(4)25(14-19)29-5/h6-14H,1-5H3/p+1. The van der Waals surface area contributed by atoms with Crippen LogP contribution in [0.5, 0.6) is 0 Å². The molecule has 0 aliphatic carbocycles. The first-order valence-electron chi connectivity index (χ1n) is 9.44. The van der Waals surface area contributed by atoms with E-state index in [0.29, 0.717) is 5.56 Å². The lowest BCUT2D eigenvalue weighted by atomic mass is 9.98. The maximum absolute atomic E-state index is 13.3. The molecule has 0 unspecified atom stereocenters. The number of hydrogen-bond acceptors (Lipinski definition) is 4. The molecule has 0 saturated heterocycles. The Labute approximate surface area is 177 Å². The van der Waals surface area contributed by atoms with Crippen LogP contribution in [0.25, 0.3) is 0 Å². The number of benzene rings is 2. The lowest BCUT2D eigenvalue weighted by Gasteiger charge is -2.15. The monoisotopic (exact) mass is 425 g/mol. The number of sulfonamides is 1. The Morgan fingerprint density at radius 2 is 1.57 bits per heavy atom. The van der Waals surface area contributed by atoms with Crippen LogP contribution < -0.4 is 14.3 Å². The zero-order valence-corrected chi connectivity index (χ0v) is 18.5. The summed E-state index contributed by atoms with van der Waals surface area (Å²) < 4.78 is 29.9. The number of ketones is 1. The summed E-state index contributed by atoms with van der Waals surface area (Å²) in [4.78, 5) is 18.7. The van der Waals surface area contributed by atoms with E-state index < -0.39 is 10.0 Å². The predicted octanol–water partition coefficient (Wildman–Crippen LogP) is 3.30. The molecule has 3 rings (SSSR count). The van der Waals surface area contributed by atoms with Gasteiger partial charge in [-0.1, -0.05) is 17.7 Å². The van der Waals surface area contributed by atoms with Crippen LogP contribution in [0.3, 0.4) is 0 Å². The fourth-order valence-electron chi connectivity index (χ4n) is 3.05. The minimum atomic E-state index is -3.85. The van der Waals surface area contributed by atoms with Crippen molar-refractivity contribution in [2.75, 3.05) is 11.8 Å². The van der Waals surface area contributed by atoms with Gasteiger partial charge in [-0.2, -0.15) is 0 Å². The minimum Gasteiger partial charge on any atom is -0.288 e. The van der Waals surface area contributed by atoms with Crippen molar-refractivity contribution in [3.05, 3.63) is 88.2 Å². The van der Waals surface area contributed by atoms with Gasteiger partial charge in [0.2, 0.25) is 17.7 Å². The van der Waals surface area contributed by atoms with Crippen molar-refractivity contribution in [1.82, 2.24) is 0 Å². The molecule has 156 valence electrons. The van der Waals surface area contributed by atoms with E-state index in [-0.39, 0.29) is 21.9 Å². The molecule has 3 aromatic rings. The van der Waals surface area contributed by atoms with Crippen LogP contribution in [0.1, 0.15) is 38.3 Å². The normalized spacial score (nSPS) is 11.2. The van der Waals surface area contributed by atoms with Gasteiger partial charge in [0, 0.05) is 23.3 Å². The largest absolute Gasteiger partial charge is 0.288 e. The molecule has 1 N–H and O–H groups in total. The number of aromatic nitrogens is 1. The molecule has 0 aliphatic heterocycles. The molecule has 7 heteroatoms. The highest BCUT2D eigenvalue weighted by molar-refractivity contribution is 7.92. The molecule has 2 aromatic carbocycles. The van der Waals surface area contributed by atoms with Crippen molar-refractivity contribution in [1.29, 1.82) is 0 Å². The molecule has 30 heavy (non-hydrogen) atoms. The van der Waals surface area contributed by atoms with Gasteiger partial charge in [0.15, 0.2) is 0 Å². The van der Waals surface area contributed by atoms with E-state index in [1.54, 1.807) is 54.7 Å². The smallest absolute Gasteiger partial charge is 0.261 e. The van der Waals surface area contributed by atoms with Crippen molar-refractivity contribution < 1.29 is 22.8 Å². The molecule has 1 heterocycles. The molecule has 0 fully saturated rings. The fourth-order valence-corrected chi connectivity index (χ4v) is 4.12. The second-order valence-electron chi connectivity index (χ2n) is 7.30. The third-order valence-corrected chi connectivity index (χ3v) is 6.40. The zero-order chi connectivity index (χ0) is 22.1. The topological polar surface area (TPSA) is 76.3 Å². The van der Waals surface area contributed by atoms with Gasteiger partial charge in [-0.05, 0) is 62.2 Å². The maximum Gasteiger partial charge on any atom is 0.261 e. The summed E-state index contributed by atoms with van der Waals surface area (Å²) in [7, 11) is -2.34. The van der Waals surface area contributed by atoms with Gasteiger partial charge in [-0.15, -0.1) is 0 Å². The summed E-state index contributed by atoms with van der Waals surface area (Å²) in [5, 5.41) is 0. The van der Waals surface area contributed by atoms with Gasteiger partial charge < -0.3 is 0 Å². The Morgan fingerprint density at radius 3 is 2.20 bits per heavy atom. The number of aryl methyl sites for hydroxylation is 4. The number of hydrogen-bond donors (Lipinski definition) is 1. The van der Waals surface area contributed by atoms with Crippen LogP contribution in [0, 0.1) is 27.7 Å². The number of carbonyl (C=O) groups excluding carboxylic acids is 1. The molecule has 0 saturated carbocycles. The van der Waals surface area contributed by atoms with Crippen molar-refractivity contribution >= 4 is 21.5 Å². The molecule has 1 aromatic heterocycles. The van der Waals surface area contributed by atoms with E-state index in [2.05, 4.69) is 4.72 Å². The third kappa shape index (κ3) is 4.36. The van der Waals surface area contributed by atoms with Gasteiger partial charge in [-0.25, -0.2) is 8.42 Å². The molecule has 0 spiro atoms. The van der Waals surface area contributed by atoms with Gasteiger partial charge in [-0.3, -0.25) is 14.4 Å². The number of nitrogens with one attached hydrogen (secondary N) is 1. The van der Waals surface area contributed by atoms with Crippen LogP contribution in [-0.4, -0.2) is 21.3 Å². The molecule has 0 atom stereocenters. The second kappa shape index (κ2) is 8.28. The number of rotatable bonds is 6. The van der Waals surface area contributed by atoms with E-state index in [4.69, 9.17) is 4.84 Å². The molecule has 0 amide bonds. The van der Waals surface area contributed by atoms with Crippen LogP contribution in [0.4, 0.5) is 5.69 Å².